The molecule has 11 nitrogen and oxygen atoms in total. The molecule has 0 radical (unpaired) electrons. The number of carbonyl (C=O) groups is 1. The third kappa shape index (κ3) is 4.67. The molecule has 3 aromatic heterocycles. The van der Waals surface area contributed by atoms with E-state index in [2.05, 4.69) is 15.0 Å². The number of aryl methyl sites for hydroxylation is 2. The first kappa shape index (κ1) is 24.2. The zero-order valence-electron chi connectivity index (χ0n) is 20.4. The van der Waals surface area contributed by atoms with Gasteiger partial charge in [-0.25, -0.2) is 4.98 Å². The summed E-state index contributed by atoms with van der Waals surface area (Å²) in [4.78, 5) is 49.2. The van der Waals surface area contributed by atoms with Crippen molar-refractivity contribution in [2.24, 2.45) is 0 Å². The molecule has 1 atom stereocenters. The lowest BCUT2D eigenvalue weighted by Gasteiger charge is -2.21. The fourth-order valence-corrected chi connectivity index (χ4v) is 4.66. The molecular weight excluding hydrogens is 480 g/mol. The zero-order valence-corrected chi connectivity index (χ0v) is 20.4. The van der Waals surface area contributed by atoms with Gasteiger partial charge in [0.1, 0.15) is 19.0 Å². The average Bonchev–Trinajstić information content (AvgIpc) is 3.40. The summed E-state index contributed by atoms with van der Waals surface area (Å²) in [6, 6.07) is 6.48. The van der Waals surface area contributed by atoms with Crippen molar-refractivity contribution in [2.45, 2.75) is 32.2 Å². The van der Waals surface area contributed by atoms with Crippen LogP contribution >= 0.6 is 0 Å². The second-order valence-corrected chi connectivity index (χ2v) is 8.84. The molecule has 1 aromatic carbocycles. The molecule has 0 amide bonds. The van der Waals surface area contributed by atoms with E-state index in [9.17, 15) is 19.5 Å². The van der Waals surface area contributed by atoms with Crippen molar-refractivity contribution in [3.8, 4) is 17.2 Å². The quantitative estimate of drug-likeness (QED) is 0.323. The third-order valence-corrected chi connectivity index (χ3v) is 6.54. The number of nitrogens with one attached hydrogen (secondary N) is 2. The van der Waals surface area contributed by atoms with Crippen LogP contribution in [0.3, 0.4) is 0 Å². The molecule has 4 aromatic rings. The Labute approximate surface area is 210 Å². The monoisotopic (exact) mass is 506 g/mol. The van der Waals surface area contributed by atoms with E-state index in [1.54, 1.807) is 37.6 Å². The van der Waals surface area contributed by atoms with E-state index >= 15 is 0 Å². The van der Waals surface area contributed by atoms with E-state index in [1.165, 1.54) is 17.7 Å². The normalized spacial score (nSPS) is 13.5. The molecule has 1 unspecified atom stereocenters. The molecule has 11 heteroatoms. The first-order valence-electron chi connectivity index (χ1n) is 11.8. The van der Waals surface area contributed by atoms with Crippen LogP contribution in [0.25, 0.3) is 10.9 Å². The highest BCUT2D eigenvalue weighted by molar-refractivity contribution is 5.83. The first-order chi connectivity index (χ1) is 17.9. The number of hydrogen-bond acceptors (Lipinski definition) is 8. The molecule has 0 spiro atoms. The van der Waals surface area contributed by atoms with Gasteiger partial charge in [-0.2, -0.15) is 0 Å². The minimum absolute atomic E-state index is 0.0528. The molecule has 0 fully saturated rings. The van der Waals surface area contributed by atoms with Crippen LogP contribution in [-0.4, -0.2) is 50.9 Å². The number of benzene rings is 1. The summed E-state index contributed by atoms with van der Waals surface area (Å²) in [5, 5.41) is 11.5. The molecule has 5 rings (SSSR count). The molecular formula is C26H26N4O7. The summed E-state index contributed by atoms with van der Waals surface area (Å²) >= 11 is 0. The Hall–Kier alpha value is -4.54. The molecule has 0 aliphatic carbocycles. The van der Waals surface area contributed by atoms with Crippen LogP contribution < -0.4 is 20.6 Å². The van der Waals surface area contributed by atoms with E-state index in [4.69, 9.17) is 14.2 Å². The molecule has 4 heterocycles. The number of fused-ring (bicyclic) bond motifs is 2. The van der Waals surface area contributed by atoms with E-state index in [0.29, 0.717) is 54.3 Å². The van der Waals surface area contributed by atoms with Gasteiger partial charge in [-0.05, 0) is 25.1 Å². The van der Waals surface area contributed by atoms with E-state index in [0.717, 1.165) is 5.69 Å². The summed E-state index contributed by atoms with van der Waals surface area (Å²) in [6.45, 7) is 2.82. The highest BCUT2D eigenvalue weighted by Gasteiger charge is 2.29. The second kappa shape index (κ2) is 9.84. The van der Waals surface area contributed by atoms with Crippen LogP contribution in [0, 0.1) is 6.92 Å². The van der Waals surface area contributed by atoms with Crippen molar-refractivity contribution in [2.75, 3.05) is 20.3 Å². The Balaban J connectivity index is 1.64. The Morgan fingerprint density at radius 2 is 1.95 bits per heavy atom. The maximum Gasteiger partial charge on any atom is 0.306 e. The topological polar surface area (TPSA) is 149 Å². The molecule has 0 saturated carbocycles. The second-order valence-electron chi connectivity index (χ2n) is 8.84. The van der Waals surface area contributed by atoms with Crippen LogP contribution in [0.1, 0.15) is 34.9 Å². The van der Waals surface area contributed by atoms with Gasteiger partial charge in [0, 0.05) is 53.5 Å². The number of imidazole rings is 1. The van der Waals surface area contributed by atoms with Crippen molar-refractivity contribution in [3.05, 3.63) is 80.0 Å². The Kier molecular flexibility index (Phi) is 6.43. The third-order valence-electron chi connectivity index (χ3n) is 6.54. The number of methoxy groups -OCH3 is 1. The van der Waals surface area contributed by atoms with E-state index in [-0.39, 0.29) is 23.3 Å². The van der Waals surface area contributed by atoms with Crippen LogP contribution in [0.2, 0.25) is 0 Å². The predicted molar refractivity (Wildman–Crippen MR) is 133 cm³/mol. The number of aromatic nitrogens is 4. The summed E-state index contributed by atoms with van der Waals surface area (Å²) in [5.41, 5.74) is 0.995. The zero-order chi connectivity index (χ0) is 26.1. The number of nitrogens with zero attached hydrogens (tertiary/aromatic N) is 2. The van der Waals surface area contributed by atoms with Crippen LogP contribution in [0.4, 0.5) is 0 Å². The molecule has 0 bridgehead atoms. The van der Waals surface area contributed by atoms with E-state index in [1.807, 2.05) is 0 Å². The average molecular weight is 507 g/mol. The van der Waals surface area contributed by atoms with Gasteiger partial charge in [-0.15, -0.1) is 0 Å². The van der Waals surface area contributed by atoms with Gasteiger partial charge in [0.25, 0.3) is 11.1 Å². The number of hydrogen-bond donors (Lipinski definition) is 3. The van der Waals surface area contributed by atoms with Crippen molar-refractivity contribution in [1.29, 1.82) is 0 Å². The van der Waals surface area contributed by atoms with Gasteiger partial charge in [-0.3, -0.25) is 14.4 Å². The molecule has 1 aliphatic heterocycles. The predicted octanol–water partition coefficient (Wildman–Crippen LogP) is 2.14. The van der Waals surface area contributed by atoms with Gasteiger partial charge < -0.3 is 33.9 Å². The SMILES string of the molecule is COC(=O)CC(c1cc2cc3c(cc2[nH]c1=O)OCCO3)c1c(O)cc(C)n(CCc2cnc[nH]2)c1=O. The molecule has 3 N–H and O–H groups in total. The van der Waals surface area contributed by atoms with Crippen molar-refractivity contribution in [3.63, 3.8) is 0 Å². The minimum atomic E-state index is -1.06. The maximum atomic E-state index is 13.7. The number of ether oxygens (including phenoxy) is 3. The molecule has 37 heavy (non-hydrogen) atoms. The number of rotatable bonds is 7. The smallest absolute Gasteiger partial charge is 0.306 e. The Morgan fingerprint density at radius 3 is 2.65 bits per heavy atom. The number of carbonyl (C=O) groups excluding carboxylic acids is 1. The summed E-state index contributed by atoms with van der Waals surface area (Å²) in [5.74, 6) is -0.934. The molecule has 192 valence electrons. The van der Waals surface area contributed by atoms with Gasteiger partial charge in [0.05, 0.1) is 30.9 Å². The summed E-state index contributed by atoms with van der Waals surface area (Å²) in [6.07, 6.45) is 3.40. The van der Waals surface area contributed by atoms with Crippen molar-refractivity contribution in [1.82, 2.24) is 19.5 Å². The highest BCUT2D eigenvalue weighted by Crippen LogP contribution is 2.36. The lowest BCUT2D eigenvalue weighted by molar-refractivity contribution is -0.140. The minimum Gasteiger partial charge on any atom is -0.507 e. The number of aromatic amines is 2. The van der Waals surface area contributed by atoms with E-state index < -0.39 is 23.0 Å². The Bertz CT molecular complexity index is 1590. The van der Waals surface area contributed by atoms with Gasteiger partial charge in [0.2, 0.25) is 0 Å². The lowest BCUT2D eigenvalue weighted by atomic mass is 9.88. The van der Waals surface area contributed by atoms with Crippen LogP contribution in [0.15, 0.2) is 46.4 Å². The van der Waals surface area contributed by atoms with Crippen molar-refractivity contribution >= 4 is 16.9 Å². The van der Waals surface area contributed by atoms with Crippen LogP contribution in [-0.2, 0) is 22.5 Å². The maximum absolute atomic E-state index is 13.7. The van der Waals surface area contributed by atoms with Crippen molar-refractivity contribution < 1.29 is 24.1 Å². The van der Waals surface area contributed by atoms with Crippen LogP contribution in [0.5, 0.6) is 17.2 Å². The number of pyridine rings is 2. The standard InChI is InChI=1S/C26H26N4O7/c1-14-7-20(31)24(26(34)30(14)4-3-16-12-27-13-28-16)17(10-23(32)35-2)18-8-15-9-21-22(37-6-5-36-21)11-19(15)29-25(18)33/h7-9,11-13,17,31H,3-6,10H2,1-2H3,(H,27,28)(H,29,33). The fraction of sp³-hybridized carbons (Fsp3) is 0.308. The highest BCUT2D eigenvalue weighted by atomic mass is 16.6. The number of aromatic hydroxyl groups is 1. The van der Waals surface area contributed by atoms with Gasteiger partial charge >= 0.3 is 5.97 Å². The Morgan fingerprint density at radius 1 is 1.19 bits per heavy atom. The molecule has 1 aliphatic rings. The van der Waals surface area contributed by atoms with Gasteiger partial charge in [0.15, 0.2) is 11.5 Å². The summed E-state index contributed by atoms with van der Waals surface area (Å²) in [7, 11) is 1.23. The number of esters is 1. The first-order valence-corrected chi connectivity index (χ1v) is 11.8. The van der Waals surface area contributed by atoms with Gasteiger partial charge in [-0.1, -0.05) is 0 Å². The molecule has 0 saturated heterocycles. The largest absolute Gasteiger partial charge is 0.507 e. The number of H-pyrrole nitrogens is 2. The summed E-state index contributed by atoms with van der Waals surface area (Å²) < 4.78 is 17.6. The lowest BCUT2D eigenvalue weighted by Crippen LogP contribution is -2.31. The fourth-order valence-electron chi connectivity index (χ4n) is 4.66.